The normalized spacial score (nSPS) is 10.7. The van der Waals surface area contributed by atoms with Crippen LogP contribution in [-0.2, 0) is 20.2 Å². The molecule has 2 aromatic rings. The minimum absolute atomic E-state index is 0.191. The predicted molar refractivity (Wildman–Crippen MR) is 69.1 cm³/mol. The van der Waals surface area contributed by atoms with Crippen molar-refractivity contribution in [2.45, 2.75) is 20.1 Å². The highest BCUT2D eigenvalue weighted by Crippen LogP contribution is 2.23. The summed E-state index contributed by atoms with van der Waals surface area (Å²) in [7, 11) is 1.77. The van der Waals surface area contributed by atoms with E-state index in [9.17, 15) is 4.39 Å². The SMILES string of the molecule is CCNCc1cccc(F)c1OCc1ncnn1C. The molecule has 0 aliphatic heterocycles. The minimum atomic E-state index is -0.363. The van der Waals surface area contributed by atoms with Gasteiger partial charge in [0.2, 0.25) is 0 Å². The molecule has 0 amide bonds. The Morgan fingerprint density at radius 2 is 2.26 bits per heavy atom. The Bertz CT molecular complexity index is 541. The molecule has 0 spiro atoms. The number of hydrogen-bond donors (Lipinski definition) is 1. The third-order valence-corrected chi connectivity index (χ3v) is 2.76. The highest BCUT2D eigenvalue weighted by atomic mass is 19.1. The van der Waals surface area contributed by atoms with E-state index in [1.54, 1.807) is 17.8 Å². The topological polar surface area (TPSA) is 52.0 Å². The molecular formula is C13H17FN4O. The number of aryl methyl sites for hydroxylation is 1. The molecule has 0 aliphatic carbocycles. The van der Waals surface area contributed by atoms with Crippen LogP contribution in [0.25, 0.3) is 0 Å². The van der Waals surface area contributed by atoms with Gasteiger partial charge in [-0.3, -0.25) is 4.68 Å². The first-order valence-electron chi connectivity index (χ1n) is 6.16. The number of nitrogens with one attached hydrogen (secondary N) is 1. The lowest BCUT2D eigenvalue weighted by atomic mass is 10.2. The molecule has 0 radical (unpaired) electrons. The van der Waals surface area contributed by atoms with E-state index in [4.69, 9.17) is 4.74 Å². The van der Waals surface area contributed by atoms with E-state index in [-0.39, 0.29) is 18.2 Å². The van der Waals surface area contributed by atoms with Crippen LogP contribution in [0.15, 0.2) is 24.5 Å². The summed E-state index contributed by atoms with van der Waals surface area (Å²) in [6.45, 7) is 3.58. The van der Waals surface area contributed by atoms with Gasteiger partial charge >= 0.3 is 0 Å². The lowest BCUT2D eigenvalue weighted by Gasteiger charge is -2.12. The molecule has 0 bridgehead atoms. The van der Waals surface area contributed by atoms with Gasteiger partial charge in [-0.2, -0.15) is 5.10 Å². The van der Waals surface area contributed by atoms with Gasteiger partial charge in [-0.15, -0.1) is 0 Å². The van der Waals surface area contributed by atoms with Crippen LogP contribution in [0.3, 0.4) is 0 Å². The Balaban J connectivity index is 2.12. The average Bonchev–Trinajstić information content (AvgIpc) is 2.81. The summed E-state index contributed by atoms with van der Waals surface area (Å²) in [6, 6.07) is 4.91. The van der Waals surface area contributed by atoms with Crippen LogP contribution >= 0.6 is 0 Å². The van der Waals surface area contributed by atoms with Gasteiger partial charge < -0.3 is 10.1 Å². The number of nitrogens with zero attached hydrogens (tertiary/aromatic N) is 3. The van der Waals surface area contributed by atoms with Gasteiger partial charge in [0.15, 0.2) is 17.4 Å². The molecule has 6 heteroatoms. The highest BCUT2D eigenvalue weighted by Gasteiger charge is 2.11. The maximum absolute atomic E-state index is 13.8. The first-order valence-corrected chi connectivity index (χ1v) is 6.16. The van der Waals surface area contributed by atoms with Crippen molar-refractivity contribution in [1.82, 2.24) is 20.1 Å². The maximum atomic E-state index is 13.8. The number of ether oxygens (including phenoxy) is 1. The van der Waals surface area contributed by atoms with Gasteiger partial charge in [0, 0.05) is 19.2 Å². The average molecular weight is 264 g/mol. The monoisotopic (exact) mass is 264 g/mol. The van der Waals surface area contributed by atoms with Crippen molar-refractivity contribution < 1.29 is 9.13 Å². The van der Waals surface area contributed by atoms with Crippen LogP contribution in [0.5, 0.6) is 5.75 Å². The summed E-state index contributed by atoms with van der Waals surface area (Å²) in [5, 5.41) is 7.10. The van der Waals surface area contributed by atoms with Crippen molar-refractivity contribution in [3.63, 3.8) is 0 Å². The van der Waals surface area contributed by atoms with E-state index in [0.29, 0.717) is 12.4 Å². The number of para-hydroxylation sites is 1. The predicted octanol–water partition coefficient (Wildman–Crippen LogP) is 1.64. The summed E-state index contributed by atoms with van der Waals surface area (Å²) in [5.41, 5.74) is 0.795. The Morgan fingerprint density at radius 1 is 1.42 bits per heavy atom. The number of aromatic nitrogens is 3. The highest BCUT2D eigenvalue weighted by molar-refractivity contribution is 5.34. The van der Waals surface area contributed by atoms with E-state index in [1.165, 1.54) is 12.4 Å². The minimum Gasteiger partial charge on any atom is -0.482 e. The lowest BCUT2D eigenvalue weighted by Crippen LogP contribution is -2.14. The molecule has 102 valence electrons. The molecular weight excluding hydrogens is 247 g/mol. The Labute approximate surface area is 111 Å². The van der Waals surface area contributed by atoms with E-state index >= 15 is 0 Å². The van der Waals surface area contributed by atoms with Crippen LogP contribution in [0.4, 0.5) is 4.39 Å². The zero-order valence-electron chi connectivity index (χ0n) is 11.1. The van der Waals surface area contributed by atoms with Crippen LogP contribution in [0.1, 0.15) is 18.3 Å². The van der Waals surface area contributed by atoms with Gasteiger partial charge in [-0.05, 0) is 12.6 Å². The number of rotatable bonds is 6. The number of benzene rings is 1. The number of hydrogen-bond acceptors (Lipinski definition) is 4. The second-order valence-electron chi connectivity index (χ2n) is 4.10. The Morgan fingerprint density at radius 3 is 2.95 bits per heavy atom. The Kier molecular flexibility index (Phi) is 4.46. The molecule has 0 atom stereocenters. The van der Waals surface area contributed by atoms with Crippen LogP contribution in [0, 0.1) is 5.82 Å². The maximum Gasteiger partial charge on any atom is 0.165 e. The molecule has 19 heavy (non-hydrogen) atoms. The molecule has 0 saturated heterocycles. The largest absolute Gasteiger partial charge is 0.482 e. The molecule has 1 N–H and O–H groups in total. The van der Waals surface area contributed by atoms with Crippen LogP contribution in [0.2, 0.25) is 0 Å². The van der Waals surface area contributed by atoms with Gasteiger partial charge in [-0.1, -0.05) is 19.1 Å². The summed E-state index contributed by atoms with van der Waals surface area (Å²) in [5.74, 6) is 0.557. The van der Waals surface area contributed by atoms with Gasteiger partial charge in [0.25, 0.3) is 0 Å². The van der Waals surface area contributed by atoms with Crippen molar-refractivity contribution in [2.24, 2.45) is 7.05 Å². The summed E-state index contributed by atoms with van der Waals surface area (Å²) < 4.78 is 21.0. The van der Waals surface area contributed by atoms with Gasteiger partial charge in [0.05, 0.1) is 0 Å². The van der Waals surface area contributed by atoms with Crippen molar-refractivity contribution >= 4 is 0 Å². The summed E-state index contributed by atoms with van der Waals surface area (Å²) in [4.78, 5) is 4.04. The van der Waals surface area contributed by atoms with Crippen LogP contribution < -0.4 is 10.1 Å². The molecule has 0 saturated carbocycles. The van der Waals surface area contributed by atoms with Crippen molar-refractivity contribution in [3.05, 3.63) is 41.7 Å². The van der Waals surface area contributed by atoms with E-state index in [2.05, 4.69) is 15.4 Å². The first kappa shape index (κ1) is 13.5. The molecule has 1 aromatic carbocycles. The molecule has 1 aromatic heterocycles. The zero-order chi connectivity index (χ0) is 13.7. The van der Waals surface area contributed by atoms with Gasteiger partial charge in [-0.25, -0.2) is 9.37 Å². The summed E-state index contributed by atoms with van der Waals surface area (Å²) in [6.07, 6.45) is 1.44. The standard InChI is InChI=1S/C13H17FN4O/c1-3-15-7-10-5-4-6-11(14)13(10)19-8-12-16-9-17-18(12)2/h4-6,9,15H,3,7-8H2,1-2H3. The van der Waals surface area contributed by atoms with Crippen LogP contribution in [-0.4, -0.2) is 21.3 Å². The second-order valence-corrected chi connectivity index (χ2v) is 4.10. The fourth-order valence-electron chi connectivity index (χ4n) is 1.70. The van der Waals surface area contributed by atoms with Crippen molar-refractivity contribution in [3.8, 4) is 5.75 Å². The quantitative estimate of drug-likeness (QED) is 0.862. The molecule has 0 unspecified atom stereocenters. The Hall–Kier alpha value is -1.95. The van der Waals surface area contributed by atoms with E-state index in [1.807, 2.05) is 13.0 Å². The molecule has 2 rings (SSSR count). The molecule has 0 fully saturated rings. The smallest absolute Gasteiger partial charge is 0.165 e. The molecule has 1 heterocycles. The molecule has 0 aliphatic rings. The summed E-state index contributed by atoms with van der Waals surface area (Å²) >= 11 is 0. The van der Waals surface area contributed by atoms with Gasteiger partial charge in [0.1, 0.15) is 12.9 Å². The third kappa shape index (κ3) is 3.29. The second kappa shape index (κ2) is 6.29. The zero-order valence-corrected chi connectivity index (χ0v) is 11.1. The lowest BCUT2D eigenvalue weighted by molar-refractivity contribution is 0.272. The number of halogens is 1. The van der Waals surface area contributed by atoms with E-state index < -0.39 is 0 Å². The van der Waals surface area contributed by atoms with E-state index in [0.717, 1.165) is 12.1 Å². The molecule has 5 nitrogen and oxygen atoms in total. The van der Waals surface area contributed by atoms with Crippen molar-refractivity contribution in [1.29, 1.82) is 0 Å². The first-order chi connectivity index (χ1) is 9.22. The third-order valence-electron chi connectivity index (χ3n) is 2.76. The fraction of sp³-hybridized carbons (Fsp3) is 0.385. The fourth-order valence-corrected chi connectivity index (χ4v) is 1.70. The van der Waals surface area contributed by atoms with Crippen molar-refractivity contribution in [2.75, 3.05) is 6.54 Å².